The number of hydrogen-bond donors (Lipinski definition) is 2. The van der Waals surface area contributed by atoms with Crippen molar-refractivity contribution in [3.8, 4) is 0 Å². The lowest BCUT2D eigenvalue weighted by Crippen LogP contribution is -2.50. The van der Waals surface area contributed by atoms with Gasteiger partial charge in [-0.15, -0.1) is 0 Å². The van der Waals surface area contributed by atoms with E-state index in [-0.39, 0.29) is 5.91 Å². The molecule has 1 saturated carbocycles. The van der Waals surface area contributed by atoms with Gasteiger partial charge in [-0.1, -0.05) is 0 Å². The van der Waals surface area contributed by atoms with Crippen LogP contribution in [0.3, 0.4) is 0 Å². The van der Waals surface area contributed by atoms with Gasteiger partial charge in [0.05, 0.1) is 18.8 Å². The molecule has 1 saturated heterocycles. The molecule has 1 atom stereocenters. The number of anilines is 2. The topological polar surface area (TPSA) is 67.6 Å². The van der Waals surface area contributed by atoms with Gasteiger partial charge in [0.15, 0.2) is 0 Å². The lowest BCUT2D eigenvalue weighted by atomic mass is 9.96. The fraction of sp³-hybridized carbons (Fsp3) is 0.562. The van der Waals surface area contributed by atoms with Crippen molar-refractivity contribution in [2.24, 2.45) is 11.7 Å². The number of carbonyl (C=O) groups excluding carboxylic acids is 1. The molecule has 1 aromatic rings. The first kappa shape index (κ1) is 14.4. The molecule has 3 N–H and O–H groups in total. The first-order valence-electron chi connectivity index (χ1n) is 7.60. The monoisotopic (exact) mass is 289 g/mol. The predicted molar refractivity (Wildman–Crippen MR) is 83.4 cm³/mol. The van der Waals surface area contributed by atoms with E-state index in [1.807, 2.05) is 31.2 Å². The summed E-state index contributed by atoms with van der Waals surface area (Å²) in [6, 6.07) is 7.94. The van der Waals surface area contributed by atoms with Crippen LogP contribution in [0.25, 0.3) is 0 Å². The summed E-state index contributed by atoms with van der Waals surface area (Å²) in [6.07, 6.45) is 2.10. The number of ether oxygens (including phenoxy) is 1. The Hall–Kier alpha value is -1.59. The van der Waals surface area contributed by atoms with E-state index in [9.17, 15) is 4.79 Å². The van der Waals surface area contributed by atoms with Gasteiger partial charge in [0.1, 0.15) is 0 Å². The number of morpholine rings is 1. The molecule has 1 heterocycles. The second kappa shape index (κ2) is 5.66. The number of nitrogens with two attached hydrogens (primary N) is 1. The van der Waals surface area contributed by atoms with E-state index in [1.54, 1.807) is 0 Å². The zero-order chi connectivity index (χ0) is 14.9. The summed E-state index contributed by atoms with van der Waals surface area (Å²) in [7, 11) is 0. The number of nitrogens with one attached hydrogen (secondary N) is 1. The van der Waals surface area contributed by atoms with Crippen molar-refractivity contribution in [3.05, 3.63) is 24.3 Å². The lowest BCUT2D eigenvalue weighted by molar-refractivity contribution is -0.121. The molecule has 3 rings (SSSR count). The van der Waals surface area contributed by atoms with Gasteiger partial charge in [-0.05, 0) is 49.9 Å². The summed E-state index contributed by atoms with van der Waals surface area (Å²) < 4.78 is 5.35. The van der Waals surface area contributed by atoms with Crippen molar-refractivity contribution < 1.29 is 9.53 Å². The first-order chi connectivity index (χ1) is 10.1. The van der Waals surface area contributed by atoms with Gasteiger partial charge in [-0.25, -0.2) is 0 Å². The Balaban J connectivity index is 1.62. The molecule has 1 aromatic carbocycles. The molecular weight excluding hydrogens is 266 g/mol. The van der Waals surface area contributed by atoms with Crippen LogP contribution in [0.1, 0.15) is 19.8 Å². The zero-order valence-corrected chi connectivity index (χ0v) is 12.5. The minimum absolute atomic E-state index is 0.0934. The third-order valence-electron chi connectivity index (χ3n) is 4.42. The van der Waals surface area contributed by atoms with E-state index in [2.05, 4.69) is 10.2 Å². The van der Waals surface area contributed by atoms with Gasteiger partial charge in [0.25, 0.3) is 0 Å². The van der Waals surface area contributed by atoms with Crippen molar-refractivity contribution in [1.82, 2.24) is 0 Å². The molecule has 21 heavy (non-hydrogen) atoms. The summed E-state index contributed by atoms with van der Waals surface area (Å²) in [5.74, 6) is 0.231. The fourth-order valence-electron chi connectivity index (χ4n) is 2.71. The molecule has 1 aliphatic heterocycles. The zero-order valence-electron chi connectivity index (χ0n) is 12.5. The molecule has 1 unspecified atom stereocenters. The molecule has 5 heteroatoms. The number of nitrogens with zero attached hydrogens (tertiary/aromatic N) is 1. The number of amides is 1. The minimum atomic E-state index is -0.761. The molecule has 2 aliphatic rings. The number of carbonyl (C=O) groups is 1. The van der Waals surface area contributed by atoms with Crippen LogP contribution in [0, 0.1) is 5.92 Å². The molecule has 1 aliphatic carbocycles. The third kappa shape index (κ3) is 3.19. The highest BCUT2D eigenvalue weighted by Crippen LogP contribution is 2.38. The Bertz CT molecular complexity index is 503. The maximum absolute atomic E-state index is 12.2. The highest BCUT2D eigenvalue weighted by atomic mass is 16.5. The van der Waals surface area contributed by atoms with Gasteiger partial charge in [0, 0.05) is 24.5 Å². The molecule has 0 radical (unpaired) electrons. The van der Waals surface area contributed by atoms with Crippen LogP contribution in [0.5, 0.6) is 0 Å². The summed E-state index contributed by atoms with van der Waals surface area (Å²) in [5.41, 5.74) is 7.33. The molecule has 2 fully saturated rings. The van der Waals surface area contributed by atoms with Crippen LogP contribution in [0.2, 0.25) is 0 Å². The van der Waals surface area contributed by atoms with Crippen LogP contribution in [0.15, 0.2) is 24.3 Å². The van der Waals surface area contributed by atoms with Crippen molar-refractivity contribution in [2.45, 2.75) is 25.3 Å². The minimum Gasteiger partial charge on any atom is -0.378 e. The average molecular weight is 289 g/mol. The lowest BCUT2D eigenvalue weighted by Gasteiger charge is -2.29. The Morgan fingerprint density at radius 2 is 1.90 bits per heavy atom. The Labute approximate surface area is 125 Å². The predicted octanol–water partition coefficient (Wildman–Crippen LogP) is 1.59. The summed E-state index contributed by atoms with van der Waals surface area (Å²) in [5, 5.41) is 2.93. The Morgan fingerprint density at radius 3 is 2.48 bits per heavy atom. The van der Waals surface area contributed by atoms with Crippen LogP contribution in [0.4, 0.5) is 11.4 Å². The molecule has 0 spiro atoms. The Morgan fingerprint density at radius 1 is 1.29 bits per heavy atom. The smallest absolute Gasteiger partial charge is 0.244 e. The second-order valence-electron chi connectivity index (χ2n) is 6.16. The van der Waals surface area contributed by atoms with E-state index in [0.717, 1.165) is 50.5 Å². The highest BCUT2D eigenvalue weighted by Gasteiger charge is 2.44. The van der Waals surface area contributed by atoms with Gasteiger partial charge >= 0.3 is 0 Å². The van der Waals surface area contributed by atoms with Crippen LogP contribution in [-0.4, -0.2) is 37.7 Å². The first-order valence-corrected chi connectivity index (χ1v) is 7.60. The van der Waals surface area contributed by atoms with Crippen molar-refractivity contribution >= 4 is 17.3 Å². The number of rotatable bonds is 4. The van der Waals surface area contributed by atoms with Crippen LogP contribution in [-0.2, 0) is 9.53 Å². The molecule has 0 bridgehead atoms. The molecule has 5 nitrogen and oxygen atoms in total. The molecular formula is C16H23N3O2. The van der Waals surface area contributed by atoms with Crippen molar-refractivity contribution in [2.75, 3.05) is 36.5 Å². The third-order valence-corrected chi connectivity index (χ3v) is 4.42. The normalized spacial score (nSPS) is 21.7. The van der Waals surface area contributed by atoms with Gasteiger partial charge < -0.3 is 20.7 Å². The van der Waals surface area contributed by atoms with E-state index in [1.165, 1.54) is 0 Å². The Kier molecular flexibility index (Phi) is 3.87. The van der Waals surface area contributed by atoms with Crippen LogP contribution >= 0.6 is 0 Å². The number of benzene rings is 1. The van der Waals surface area contributed by atoms with Gasteiger partial charge in [0.2, 0.25) is 5.91 Å². The van der Waals surface area contributed by atoms with Crippen molar-refractivity contribution in [3.63, 3.8) is 0 Å². The average Bonchev–Trinajstić information content (AvgIpc) is 3.34. The quantitative estimate of drug-likeness (QED) is 0.883. The standard InChI is InChI=1S/C16H23N3O2/c1-16(17,12-2-3-12)15(20)18-13-4-6-14(7-5-13)19-8-10-21-11-9-19/h4-7,12H,2-3,8-11,17H2,1H3,(H,18,20). The van der Waals surface area contributed by atoms with E-state index >= 15 is 0 Å². The maximum Gasteiger partial charge on any atom is 0.244 e. The summed E-state index contributed by atoms with van der Waals surface area (Å²) >= 11 is 0. The fourth-order valence-corrected chi connectivity index (χ4v) is 2.71. The largest absolute Gasteiger partial charge is 0.378 e. The number of hydrogen-bond acceptors (Lipinski definition) is 4. The summed E-state index contributed by atoms with van der Waals surface area (Å²) in [6.45, 7) is 5.18. The molecule has 114 valence electrons. The van der Waals surface area contributed by atoms with Gasteiger partial charge in [-0.3, -0.25) is 4.79 Å². The molecule has 1 amide bonds. The van der Waals surface area contributed by atoms with Gasteiger partial charge in [-0.2, -0.15) is 0 Å². The highest BCUT2D eigenvalue weighted by molar-refractivity contribution is 5.98. The van der Waals surface area contributed by atoms with Crippen LogP contribution < -0.4 is 16.0 Å². The van der Waals surface area contributed by atoms with E-state index < -0.39 is 5.54 Å². The maximum atomic E-state index is 12.2. The SMILES string of the molecule is CC(N)(C(=O)Nc1ccc(N2CCOCC2)cc1)C1CC1. The van der Waals surface area contributed by atoms with E-state index in [4.69, 9.17) is 10.5 Å². The summed E-state index contributed by atoms with van der Waals surface area (Å²) in [4.78, 5) is 14.5. The van der Waals surface area contributed by atoms with Crippen molar-refractivity contribution in [1.29, 1.82) is 0 Å². The van der Waals surface area contributed by atoms with E-state index in [0.29, 0.717) is 5.92 Å². The second-order valence-corrected chi connectivity index (χ2v) is 6.16. The molecule has 0 aromatic heterocycles.